The lowest BCUT2D eigenvalue weighted by Crippen LogP contribution is -2.10. The summed E-state index contributed by atoms with van der Waals surface area (Å²) in [5.41, 5.74) is 3.08. The van der Waals surface area contributed by atoms with Crippen LogP contribution in [0.3, 0.4) is 0 Å². The highest BCUT2D eigenvalue weighted by Crippen LogP contribution is 2.39. The summed E-state index contributed by atoms with van der Waals surface area (Å²) in [5.74, 6) is -0.420. The Morgan fingerprint density at radius 1 is 1.21 bits per heavy atom. The average Bonchev–Trinajstić information content (AvgIpc) is 2.95. The fourth-order valence-corrected chi connectivity index (χ4v) is 3.57. The molecule has 3 nitrogen and oxygen atoms in total. The molecule has 1 atom stereocenters. The molecule has 2 aromatic carbocycles. The van der Waals surface area contributed by atoms with Crippen molar-refractivity contribution in [1.29, 1.82) is 0 Å². The number of hydrogen-bond donors (Lipinski definition) is 1. The highest BCUT2D eigenvalue weighted by molar-refractivity contribution is 6.39. The van der Waals surface area contributed by atoms with Crippen molar-refractivity contribution in [3.8, 4) is 0 Å². The zero-order valence-electron chi connectivity index (χ0n) is 13.4. The Morgan fingerprint density at radius 3 is 2.58 bits per heavy atom. The van der Waals surface area contributed by atoms with Crippen LogP contribution in [0.1, 0.15) is 41.4 Å². The van der Waals surface area contributed by atoms with Crippen LogP contribution < -0.4 is 0 Å². The number of benzene rings is 2. The minimum Gasteiger partial charge on any atom is -0.461 e. The van der Waals surface area contributed by atoms with Gasteiger partial charge < -0.3 is 9.72 Å². The zero-order valence-corrected chi connectivity index (χ0v) is 14.9. The second-order valence-corrected chi connectivity index (χ2v) is 6.42. The summed E-state index contributed by atoms with van der Waals surface area (Å²) in [5, 5.41) is 1.84. The van der Waals surface area contributed by atoms with E-state index in [9.17, 15) is 4.79 Å². The van der Waals surface area contributed by atoms with Crippen LogP contribution in [-0.2, 0) is 4.74 Å². The van der Waals surface area contributed by atoms with E-state index in [2.05, 4.69) is 4.98 Å². The van der Waals surface area contributed by atoms with E-state index in [-0.39, 0.29) is 5.92 Å². The fraction of sp³-hybridized carbons (Fsp3) is 0.211. The SMILES string of the molecule is CCOC(=O)c1[nH]c2cc(Cl)cc(Cl)c2c1C(C)c1ccccc1. The Bertz CT molecular complexity index is 887. The third-order valence-electron chi connectivity index (χ3n) is 4.07. The van der Waals surface area contributed by atoms with Crippen molar-refractivity contribution in [3.63, 3.8) is 0 Å². The van der Waals surface area contributed by atoms with Crippen LogP contribution in [-0.4, -0.2) is 17.6 Å². The third-order valence-corrected chi connectivity index (χ3v) is 4.58. The second-order valence-electron chi connectivity index (χ2n) is 5.58. The summed E-state index contributed by atoms with van der Waals surface area (Å²) in [6.45, 7) is 4.14. The van der Waals surface area contributed by atoms with E-state index in [0.29, 0.717) is 22.3 Å². The van der Waals surface area contributed by atoms with Gasteiger partial charge in [-0.15, -0.1) is 0 Å². The molecule has 0 amide bonds. The lowest BCUT2D eigenvalue weighted by atomic mass is 9.90. The Balaban J connectivity index is 2.26. The molecule has 3 aromatic rings. The second kappa shape index (κ2) is 6.88. The van der Waals surface area contributed by atoms with Crippen molar-refractivity contribution in [3.05, 3.63) is 69.3 Å². The first kappa shape index (κ1) is 16.9. The maximum atomic E-state index is 12.4. The van der Waals surface area contributed by atoms with Gasteiger partial charge in [0.05, 0.1) is 11.6 Å². The van der Waals surface area contributed by atoms with Gasteiger partial charge in [0.25, 0.3) is 0 Å². The van der Waals surface area contributed by atoms with Crippen molar-refractivity contribution in [2.24, 2.45) is 0 Å². The molecule has 3 rings (SSSR count). The van der Waals surface area contributed by atoms with Crippen molar-refractivity contribution in [2.75, 3.05) is 6.61 Å². The van der Waals surface area contributed by atoms with Gasteiger partial charge in [0.1, 0.15) is 5.69 Å². The molecule has 5 heteroatoms. The molecular formula is C19H17Cl2NO2. The predicted octanol–water partition coefficient (Wildman–Crippen LogP) is 5.80. The Hall–Kier alpha value is -1.97. The summed E-state index contributed by atoms with van der Waals surface area (Å²) in [6.07, 6.45) is 0. The van der Waals surface area contributed by atoms with Crippen molar-refractivity contribution < 1.29 is 9.53 Å². The largest absolute Gasteiger partial charge is 0.461 e. The molecule has 0 aliphatic rings. The maximum absolute atomic E-state index is 12.4. The Labute approximate surface area is 150 Å². The van der Waals surface area contributed by atoms with Gasteiger partial charge in [0.2, 0.25) is 0 Å². The Kier molecular flexibility index (Phi) is 4.83. The van der Waals surface area contributed by atoms with Gasteiger partial charge in [0.15, 0.2) is 0 Å². The van der Waals surface area contributed by atoms with Crippen LogP contribution >= 0.6 is 23.2 Å². The number of rotatable bonds is 4. The number of aromatic nitrogens is 1. The molecule has 0 aliphatic carbocycles. The maximum Gasteiger partial charge on any atom is 0.355 e. The van der Waals surface area contributed by atoms with Gasteiger partial charge in [-0.3, -0.25) is 0 Å². The first-order valence-corrected chi connectivity index (χ1v) is 8.51. The quantitative estimate of drug-likeness (QED) is 0.596. The lowest BCUT2D eigenvalue weighted by Gasteiger charge is -2.14. The molecule has 0 radical (unpaired) electrons. The van der Waals surface area contributed by atoms with Crippen molar-refractivity contribution in [1.82, 2.24) is 4.98 Å². The minimum atomic E-state index is -0.390. The Morgan fingerprint density at radius 2 is 1.92 bits per heavy atom. The predicted molar refractivity (Wildman–Crippen MR) is 98.2 cm³/mol. The molecule has 1 unspecified atom stereocenters. The molecule has 0 aliphatic heterocycles. The van der Waals surface area contributed by atoms with Crippen LogP contribution in [0, 0.1) is 0 Å². The number of H-pyrrole nitrogens is 1. The molecule has 0 spiro atoms. The fourth-order valence-electron chi connectivity index (χ4n) is 2.98. The summed E-state index contributed by atoms with van der Waals surface area (Å²) in [4.78, 5) is 15.6. The van der Waals surface area contributed by atoms with Crippen LogP contribution in [0.4, 0.5) is 0 Å². The topological polar surface area (TPSA) is 42.1 Å². The first-order chi connectivity index (χ1) is 11.5. The highest BCUT2D eigenvalue weighted by Gasteiger charge is 2.25. The van der Waals surface area contributed by atoms with Gasteiger partial charge in [-0.2, -0.15) is 0 Å². The summed E-state index contributed by atoms with van der Waals surface area (Å²) in [6, 6.07) is 13.4. The normalized spacial score (nSPS) is 12.3. The number of ether oxygens (including phenoxy) is 1. The van der Waals surface area contributed by atoms with E-state index in [1.165, 1.54) is 0 Å². The van der Waals surface area contributed by atoms with Crippen LogP contribution in [0.25, 0.3) is 10.9 Å². The van der Waals surface area contributed by atoms with Crippen LogP contribution in [0.5, 0.6) is 0 Å². The molecular weight excluding hydrogens is 345 g/mol. The van der Waals surface area contributed by atoms with Crippen LogP contribution in [0.2, 0.25) is 10.0 Å². The molecule has 0 saturated heterocycles. The molecule has 0 saturated carbocycles. The van der Waals surface area contributed by atoms with E-state index in [1.54, 1.807) is 19.1 Å². The van der Waals surface area contributed by atoms with E-state index < -0.39 is 5.97 Å². The van der Waals surface area contributed by atoms with Gasteiger partial charge in [-0.05, 0) is 24.6 Å². The number of halogens is 2. The number of fused-ring (bicyclic) bond motifs is 1. The van der Waals surface area contributed by atoms with Gasteiger partial charge in [-0.25, -0.2) is 4.79 Å². The van der Waals surface area contributed by atoms with Crippen molar-refractivity contribution >= 4 is 40.1 Å². The lowest BCUT2D eigenvalue weighted by molar-refractivity contribution is 0.0519. The number of nitrogens with one attached hydrogen (secondary N) is 1. The molecule has 1 heterocycles. The smallest absolute Gasteiger partial charge is 0.355 e. The summed E-state index contributed by atoms with van der Waals surface area (Å²) < 4.78 is 5.21. The van der Waals surface area contributed by atoms with Gasteiger partial charge in [-0.1, -0.05) is 60.5 Å². The first-order valence-electron chi connectivity index (χ1n) is 7.75. The third kappa shape index (κ3) is 3.02. The highest BCUT2D eigenvalue weighted by atomic mass is 35.5. The van der Waals surface area contributed by atoms with E-state index in [0.717, 1.165) is 22.0 Å². The summed E-state index contributed by atoms with van der Waals surface area (Å²) in [7, 11) is 0. The van der Waals surface area contributed by atoms with Crippen LogP contribution in [0.15, 0.2) is 42.5 Å². The molecule has 1 N–H and O–H groups in total. The minimum absolute atomic E-state index is 0.0296. The van der Waals surface area contributed by atoms with Gasteiger partial charge in [0, 0.05) is 27.4 Å². The number of hydrogen-bond acceptors (Lipinski definition) is 2. The zero-order chi connectivity index (χ0) is 17.3. The van der Waals surface area contributed by atoms with E-state index in [1.807, 2.05) is 37.3 Å². The van der Waals surface area contributed by atoms with Gasteiger partial charge >= 0.3 is 5.97 Å². The number of esters is 1. The standard InChI is InChI=1S/C19H17Cl2NO2/c1-3-24-19(23)18-16(11(2)12-7-5-4-6-8-12)17-14(21)9-13(20)10-15(17)22-18/h4-11,22H,3H2,1-2H3. The number of carbonyl (C=O) groups is 1. The monoisotopic (exact) mass is 361 g/mol. The van der Waals surface area contributed by atoms with E-state index >= 15 is 0 Å². The molecule has 0 fully saturated rings. The molecule has 0 bridgehead atoms. The average molecular weight is 362 g/mol. The number of carbonyl (C=O) groups excluding carboxylic acids is 1. The molecule has 24 heavy (non-hydrogen) atoms. The number of aromatic amines is 1. The molecule has 124 valence electrons. The molecule has 1 aromatic heterocycles. The van der Waals surface area contributed by atoms with E-state index in [4.69, 9.17) is 27.9 Å². The van der Waals surface area contributed by atoms with Crippen molar-refractivity contribution in [2.45, 2.75) is 19.8 Å². The summed E-state index contributed by atoms with van der Waals surface area (Å²) >= 11 is 12.5.